The van der Waals surface area contributed by atoms with Crippen LogP contribution in [0, 0.1) is 5.41 Å². The Bertz CT molecular complexity index is 614. The average molecular weight is 370 g/mol. The number of guanidine groups is 1. The van der Waals surface area contributed by atoms with Crippen molar-refractivity contribution in [3.8, 4) is 0 Å². The van der Waals surface area contributed by atoms with Crippen LogP contribution in [0.25, 0.3) is 0 Å². The fourth-order valence-corrected chi connectivity index (χ4v) is 3.03. The molecule has 0 saturated heterocycles. The lowest BCUT2D eigenvalue weighted by Gasteiger charge is -2.19. The van der Waals surface area contributed by atoms with Crippen LogP contribution < -0.4 is 11.1 Å². The van der Waals surface area contributed by atoms with Crippen molar-refractivity contribution >= 4 is 35.9 Å². The standard InChI is InChI=1S/C14H15ClF3N3O.ClH/c15-11-6-8(7-3-1-2-4-7)10(14(16,17)18)5-9(11)12(22)21-13(19)20;/h5-7H,1-4H2,(H4,19,20,21,22);1H. The number of nitrogens with one attached hydrogen (secondary N) is 2. The summed E-state index contributed by atoms with van der Waals surface area (Å²) in [6.07, 6.45) is -1.46. The fraction of sp³-hybridized carbons (Fsp3) is 0.429. The van der Waals surface area contributed by atoms with Crippen LogP contribution in [0.3, 0.4) is 0 Å². The summed E-state index contributed by atoms with van der Waals surface area (Å²) in [5.74, 6) is -1.78. The summed E-state index contributed by atoms with van der Waals surface area (Å²) in [6.45, 7) is 0. The molecule has 0 aliphatic heterocycles. The molecule has 4 nitrogen and oxygen atoms in total. The number of carbonyl (C=O) groups excluding carboxylic acids is 1. The SMILES string of the molecule is Cl.N=C(N)NC(=O)c1cc(C(F)(F)F)c(C2CCCC2)cc1Cl. The first kappa shape index (κ1) is 19.6. The van der Waals surface area contributed by atoms with Gasteiger partial charge in [0.15, 0.2) is 5.96 Å². The van der Waals surface area contributed by atoms with Crippen LogP contribution in [0.4, 0.5) is 13.2 Å². The molecule has 1 aliphatic rings. The van der Waals surface area contributed by atoms with Gasteiger partial charge in [-0.2, -0.15) is 13.2 Å². The van der Waals surface area contributed by atoms with Crippen LogP contribution >= 0.6 is 24.0 Å². The minimum atomic E-state index is -4.58. The van der Waals surface area contributed by atoms with E-state index in [4.69, 9.17) is 22.7 Å². The van der Waals surface area contributed by atoms with Gasteiger partial charge in [-0.25, -0.2) is 0 Å². The van der Waals surface area contributed by atoms with Crippen LogP contribution in [0.15, 0.2) is 12.1 Å². The minimum absolute atomic E-state index is 0. The molecule has 0 aromatic heterocycles. The summed E-state index contributed by atoms with van der Waals surface area (Å²) in [5, 5.41) is 8.84. The second kappa shape index (κ2) is 7.40. The molecule has 0 bridgehead atoms. The number of alkyl halides is 3. The molecule has 0 spiro atoms. The molecule has 0 unspecified atom stereocenters. The van der Waals surface area contributed by atoms with Gasteiger partial charge in [-0.15, -0.1) is 12.4 Å². The highest BCUT2D eigenvalue weighted by Gasteiger charge is 2.37. The number of benzene rings is 1. The lowest BCUT2D eigenvalue weighted by molar-refractivity contribution is -0.138. The van der Waals surface area contributed by atoms with Gasteiger partial charge in [0.1, 0.15) is 0 Å². The number of hydrogen-bond acceptors (Lipinski definition) is 2. The van der Waals surface area contributed by atoms with E-state index in [-0.39, 0.29) is 34.5 Å². The molecule has 2 rings (SSSR count). The van der Waals surface area contributed by atoms with E-state index in [2.05, 4.69) is 0 Å². The molecule has 0 radical (unpaired) electrons. The predicted octanol–water partition coefficient (Wildman–Crippen LogP) is 4.06. The Morgan fingerprint density at radius 2 is 1.87 bits per heavy atom. The summed E-state index contributed by atoms with van der Waals surface area (Å²) in [7, 11) is 0. The quantitative estimate of drug-likeness (QED) is 0.542. The molecule has 128 valence electrons. The smallest absolute Gasteiger partial charge is 0.370 e. The van der Waals surface area contributed by atoms with Crippen molar-refractivity contribution in [3.63, 3.8) is 0 Å². The van der Waals surface area contributed by atoms with Gasteiger partial charge in [-0.3, -0.25) is 15.5 Å². The Morgan fingerprint density at radius 3 is 2.35 bits per heavy atom. The Hall–Kier alpha value is -1.47. The van der Waals surface area contributed by atoms with E-state index >= 15 is 0 Å². The summed E-state index contributed by atoms with van der Waals surface area (Å²) < 4.78 is 39.9. The fourth-order valence-electron chi connectivity index (χ4n) is 2.77. The van der Waals surface area contributed by atoms with E-state index in [0.29, 0.717) is 12.8 Å². The van der Waals surface area contributed by atoms with E-state index in [9.17, 15) is 18.0 Å². The zero-order chi connectivity index (χ0) is 16.5. The van der Waals surface area contributed by atoms with Gasteiger partial charge in [0.2, 0.25) is 0 Å². The van der Waals surface area contributed by atoms with E-state index in [0.717, 1.165) is 18.9 Å². The lowest BCUT2D eigenvalue weighted by atomic mass is 9.91. The molecule has 1 fully saturated rings. The van der Waals surface area contributed by atoms with Crippen molar-refractivity contribution in [1.29, 1.82) is 5.41 Å². The summed E-state index contributed by atoms with van der Waals surface area (Å²) in [6, 6.07) is 1.96. The molecule has 1 aromatic carbocycles. The molecule has 0 atom stereocenters. The zero-order valence-electron chi connectivity index (χ0n) is 12.0. The number of carbonyl (C=O) groups is 1. The largest absolute Gasteiger partial charge is 0.416 e. The van der Waals surface area contributed by atoms with Gasteiger partial charge in [0, 0.05) is 0 Å². The first-order valence-electron chi connectivity index (χ1n) is 6.76. The molecule has 1 amide bonds. The van der Waals surface area contributed by atoms with Crippen LogP contribution in [-0.2, 0) is 6.18 Å². The van der Waals surface area contributed by atoms with Crippen LogP contribution in [0.2, 0.25) is 5.02 Å². The van der Waals surface area contributed by atoms with Crippen molar-refractivity contribution < 1.29 is 18.0 Å². The minimum Gasteiger partial charge on any atom is -0.370 e. The van der Waals surface area contributed by atoms with Crippen LogP contribution in [0.5, 0.6) is 0 Å². The van der Waals surface area contributed by atoms with Gasteiger partial charge in [-0.1, -0.05) is 24.4 Å². The molecular weight excluding hydrogens is 354 g/mol. The summed E-state index contributed by atoms with van der Waals surface area (Å²) in [5.41, 5.74) is 3.96. The first-order chi connectivity index (χ1) is 10.2. The number of hydrogen-bond donors (Lipinski definition) is 3. The molecule has 0 heterocycles. The molecule has 1 aromatic rings. The second-order valence-electron chi connectivity index (χ2n) is 5.27. The summed E-state index contributed by atoms with van der Waals surface area (Å²) in [4.78, 5) is 11.8. The summed E-state index contributed by atoms with van der Waals surface area (Å²) >= 11 is 5.97. The van der Waals surface area contributed by atoms with Crippen LogP contribution in [-0.4, -0.2) is 11.9 Å². The molecule has 23 heavy (non-hydrogen) atoms. The van der Waals surface area contributed by atoms with E-state index in [1.165, 1.54) is 6.07 Å². The normalized spacial score (nSPS) is 15.1. The maximum Gasteiger partial charge on any atom is 0.416 e. The third kappa shape index (κ3) is 4.51. The van der Waals surface area contributed by atoms with E-state index < -0.39 is 23.6 Å². The Balaban J connectivity index is 0.00000264. The molecule has 9 heteroatoms. The van der Waals surface area contributed by atoms with Gasteiger partial charge in [0.05, 0.1) is 16.1 Å². The highest BCUT2D eigenvalue weighted by Crippen LogP contribution is 2.43. The first-order valence-corrected chi connectivity index (χ1v) is 7.14. The maximum atomic E-state index is 13.3. The average Bonchev–Trinajstić information content (AvgIpc) is 2.89. The molecule has 1 saturated carbocycles. The number of halogens is 5. The number of amides is 1. The van der Waals surface area contributed by atoms with Crippen molar-refractivity contribution in [2.24, 2.45) is 5.73 Å². The van der Waals surface area contributed by atoms with Gasteiger partial charge in [0.25, 0.3) is 5.91 Å². The Kier molecular flexibility index (Phi) is 6.30. The van der Waals surface area contributed by atoms with Crippen molar-refractivity contribution in [2.75, 3.05) is 0 Å². The number of rotatable bonds is 2. The Morgan fingerprint density at radius 1 is 1.30 bits per heavy atom. The third-order valence-electron chi connectivity index (χ3n) is 3.73. The van der Waals surface area contributed by atoms with Crippen molar-refractivity contribution in [3.05, 3.63) is 33.8 Å². The van der Waals surface area contributed by atoms with Crippen LogP contribution in [0.1, 0.15) is 53.1 Å². The van der Waals surface area contributed by atoms with E-state index in [1.54, 1.807) is 0 Å². The monoisotopic (exact) mass is 369 g/mol. The van der Waals surface area contributed by atoms with Crippen molar-refractivity contribution in [2.45, 2.75) is 37.8 Å². The second-order valence-corrected chi connectivity index (χ2v) is 5.67. The van der Waals surface area contributed by atoms with Gasteiger partial charge in [-0.05, 0) is 36.5 Å². The third-order valence-corrected chi connectivity index (χ3v) is 4.05. The highest BCUT2D eigenvalue weighted by molar-refractivity contribution is 6.34. The topological polar surface area (TPSA) is 79.0 Å². The molecule has 4 N–H and O–H groups in total. The lowest BCUT2D eigenvalue weighted by Crippen LogP contribution is -2.36. The van der Waals surface area contributed by atoms with Crippen molar-refractivity contribution in [1.82, 2.24) is 5.32 Å². The highest BCUT2D eigenvalue weighted by atomic mass is 35.5. The maximum absolute atomic E-state index is 13.3. The Labute approximate surface area is 142 Å². The number of nitrogens with two attached hydrogens (primary N) is 1. The van der Waals surface area contributed by atoms with E-state index in [1.807, 2.05) is 5.32 Å². The van der Waals surface area contributed by atoms with Gasteiger partial charge < -0.3 is 5.73 Å². The molecule has 1 aliphatic carbocycles. The van der Waals surface area contributed by atoms with Gasteiger partial charge >= 0.3 is 6.18 Å². The molecular formula is C14H16Cl2F3N3O. The predicted molar refractivity (Wildman–Crippen MR) is 84.3 cm³/mol. The zero-order valence-corrected chi connectivity index (χ0v) is 13.5.